The topological polar surface area (TPSA) is 83.3 Å². The van der Waals surface area contributed by atoms with E-state index in [4.69, 9.17) is 4.99 Å². The van der Waals surface area contributed by atoms with E-state index in [0.717, 1.165) is 42.3 Å². The lowest BCUT2D eigenvalue weighted by Crippen LogP contribution is -2.43. The molecule has 0 saturated carbocycles. The van der Waals surface area contributed by atoms with Gasteiger partial charge < -0.3 is 16.0 Å². The average Bonchev–Trinajstić information content (AvgIpc) is 2.93. The maximum absolute atomic E-state index is 11.8. The molecule has 0 aliphatic carbocycles. The maximum atomic E-state index is 11.8. The predicted molar refractivity (Wildman–Crippen MR) is 124 cm³/mol. The minimum absolute atomic E-state index is 0.0444. The molecule has 7 nitrogen and oxygen atoms in total. The third-order valence-corrected chi connectivity index (χ3v) is 5.00. The first-order valence-corrected chi connectivity index (χ1v) is 10.8. The van der Waals surface area contributed by atoms with Gasteiger partial charge in [-0.1, -0.05) is 19.1 Å². The Labute approximate surface area is 180 Å². The van der Waals surface area contributed by atoms with E-state index in [9.17, 15) is 4.79 Å². The van der Waals surface area contributed by atoms with Gasteiger partial charge in [-0.2, -0.15) is 5.10 Å². The number of carbonyl (C=O) groups is 1. The molecule has 7 heteroatoms. The lowest BCUT2D eigenvalue weighted by Gasteiger charge is -2.18. The Morgan fingerprint density at radius 1 is 1.27 bits per heavy atom. The molecule has 0 radical (unpaired) electrons. The fraction of sp³-hybridized carbons (Fsp3) is 0.522. The van der Waals surface area contributed by atoms with Crippen LogP contribution in [0.4, 0.5) is 5.69 Å². The number of benzene rings is 1. The van der Waals surface area contributed by atoms with Gasteiger partial charge in [0.25, 0.3) is 0 Å². The van der Waals surface area contributed by atoms with Crippen LogP contribution in [0.1, 0.15) is 56.1 Å². The number of guanidine groups is 1. The van der Waals surface area contributed by atoms with E-state index < -0.39 is 0 Å². The first-order valence-electron chi connectivity index (χ1n) is 10.8. The third-order valence-electron chi connectivity index (χ3n) is 5.00. The van der Waals surface area contributed by atoms with Crippen LogP contribution in [0, 0.1) is 13.8 Å². The van der Waals surface area contributed by atoms with E-state index in [1.54, 1.807) is 0 Å². The number of hydrogen-bond acceptors (Lipinski definition) is 3. The van der Waals surface area contributed by atoms with E-state index in [1.807, 2.05) is 42.9 Å². The molecule has 2 rings (SSSR count). The summed E-state index contributed by atoms with van der Waals surface area (Å²) < 4.78 is 1.93. The Morgan fingerprint density at radius 3 is 2.67 bits per heavy atom. The molecule has 1 amide bonds. The summed E-state index contributed by atoms with van der Waals surface area (Å²) >= 11 is 0. The van der Waals surface area contributed by atoms with Crippen molar-refractivity contribution in [2.45, 2.75) is 66.5 Å². The number of nitrogens with zero attached hydrogens (tertiary/aromatic N) is 3. The van der Waals surface area contributed by atoms with E-state index in [0.29, 0.717) is 13.0 Å². The van der Waals surface area contributed by atoms with Crippen LogP contribution < -0.4 is 16.0 Å². The van der Waals surface area contributed by atoms with Gasteiger partial charge in [-0.3, -0.25) is 9.48 Å². The summed E-state index contributed by atoms with van der Waals surface area (Å²) in [6.07, 6.45) is 2.25. The van der Waals surface area contributed by atoms with Crippen LogP contribution in [0.25, 0.3) is 0 Å². The second-order valence-corrected chi connectivity index (χ2v) is 7.72. The van der Waals surface area contributed by atoms with E-state index >= 15 is 0 Å². The molecular formula is C23H36N6O. The van der Waals surface area contributed by atoms with Crippen molar-refractivity contribution in [1.82, 2.24) is 20.4 Å². The molecule has 1 atom stereocenters. The first kappa shape index (κ1) is 23.4. The second-order valence-electron chi connectivity index (χ2n) is 7.72. The molecule has 0 saturated heterocycles. The van der Waals surface area contributed by atoms with Gasteiger partial charge in [0, 0.05) is 37.4 Å². The Hall–Kier alpha value is -2.83. The molecule has 1 aromatic heterocycles. The second kappa shape index (κ2) is 11.4. The van der Waals surface area contributed by atoms with Gasteiger partial charge in [0.15, 0.2) is 5.96 Å². The van der Waals surface area contributed by atoms with Gasteiger partial charge in [0.2, 0.25) is 5.91 Å². The van der Waals surface area contributed by atoms with Gasteiger partial charge in [0.05, 0.1) is 12.2 Å². The summed E-state index contributed by atoms with van der Waals surface area (Å²) in [5, 5.41) is 14.3. The number of aryl methyl sites for hydroxylation is 2. The Balaban J connectivity index is 2.02. The van der Waals surface area contributed by atoms with Crippen molar-refractivity contribution in [3.8, 4) is 0 Å². The molecule has 0 aliphatic heterocycles. The Kier molecular flexibility index (Phi) is 8.89. The number of carbonyl (C=O) groups excluding carboxylic acids is 1. The quantitative estimate of drug-likeness (QED) is 0.435. The van der Waals surface area contributed by atoms with Crippen molar-refractivity contribution >= 4 is 17.6 Å². The monoisotopic (exact) mass is 412 g/mol. The highest BCUT2D eigenvalue weighted by Crippen LogP contribution is 2.15. The molecule has 0 spiro atoms. The van der Waals surface area contributed by atoms with Crippen LogP contribution in [0.3, 0.4) is 0 Å². The van der Waals surface area contributed by atoms with Crippen molar-refractivity contribution < 1.29 is 4.79 Å². The molecule has 0 fully saturated rings. The largest absolute Gasteiger partial charge is 0.357 e. The lowest BCUT2D eigenvalue weighted by atomic mass is 10.1. The van der Waals surface area contributed by atoms with E-state index in [2.05, 4.69) is 48.7 Å². The summed E-state index contributed by atoms with van der Waals surface area (Å²) in [5.41, 5.74) is 5.42. The molecule has 1 unspecified atom stereocenters. The summed E-state index contributed by atoms with van der Waals surface area (Å²) in [6, 6.07) is 8.07. The van der Waals surface area contributed by atoms with Crippen LogP contribution in [-0.2, 0) is 24.8 Å². The highest BCUT2D eigenvalue weighted by Gasteiger charge is 2.14. The van der Waals surface area contributed by atoms with Gasteiger partial charge in [-0.25, -0.2) is 4.99 Å². The van der Waals surface area contributed by atoms with Crippen molar-refractivity contribution in [1.29, 1.82) is 0 Å². The molecule has 3 N–H and O–H groups in total. The summed E-state index contributed by atoms with van der Waals surface area (Å²) in [6.45, 7) is 11.7. The molecule has 30 heavy (non-hydrogen) atoms. The fourth-order valence-electron chi connectivity index (χ4n) is 3.39. The van der Waals surface area contributed by atoms with Crippen molar-refractivity contribution in [2.75, 3.05) is 11.9 Å². The highest BCUT2D eigenvalue weighted by atomic mass is 16.1. The number of aromatic nitrogens is 2. The number of aliphatic imine (C=N–C) groups is 1. The van der Waals surface area contributed by atoms with Crippen LogP contribution in [0.5, 0.6) is 0 Å². The number of amides is 1. The Bertz CT molecular complexity index is 871. The number of nitrogens with one attached hydrogen (secondary N) is 3. The smallest absolute Gasteiger partial charge is 0.224 e. The summed E-state index contributed by atoms with van der Waals surface area (Å²) in [5.74, 6) is 0.826. The van der Waals surface area contributed by atoms with E-state index in [-0.39, 0.29) is 11.9 Å². The minimum Gasteiger partial charge on any atom is -0.357 e. The average molecular weight is 413 g/mol. The van der Waals surface area contributed by atoms with Gasteiger partial charge in [-0.05, 0) is 63.8 Å². The maximum Gasteiger partial charge on any atom is 0.224 e. The number of rotatable bonds is 9. The molecule has 1 aromatic carbocycles. The van der Waals surface area contributed by atoms with Gasteiger partial charge >= 0.3 is 0 Å². The normalized spacial score (nSPS) is 12.5. The highest BCUT2D eigenvalue weighted by molar-refractivity contribution is 5.90. The van der Waals surface area contributed by atoms with Crippen LogP contribution in [-0.4, -0.2) is 34.2 Å². The Morgan fingerprint density at radius 2 is 2.03 bits per heavy atom. The summed E-state index contributed by atoms with van der Waals surface area (Å²) in [4.78, 5) is 16.6. The van der Waals surface area contributed by atoms with Crippen LogP contribution >= 0.6 is 0 Å². The van der Waals surface area contributed by atoms with Gasteiger partial charge in [-0.15, -0.1) is 0 Å². The molecular weight excluding hydrogens is 376 g/mol. The zero-order chi connectivity index (χ0) is 22.1. The molecule has 164 valence electrons. The number of hydrogen-bond donors (Lipinski definition) is 3. The molecule has 0 bridgehead atoms. The number of anilines is 1. The SMILES string of the molecule is CCCC(=O)Nc1cccc(CN=C(NCC)NC(C)Cc2c(C)nn(C)c2C)c1. The van der Waals surface area contributed by atoms with Crippen LogP contribution in [0.15, 0.2) is 29.3 Å². The minimum atomic E-state index is 0.0444. The van der Waals surface area contributed by atoms with Crippen molar-refractivity contribution in [3.05, 3.63) is 46.8 Å². The predicted octanol–water partition coefficient (Wildman–Crippen LogP) is 3.46. The zero-order valence-electron chi connectivity index (χ0n) is 19.2. The standard InChI is InChI=1S/C23H36N6O/c1-7-10-22(30)27-20-12-9-11-19(14-20)15-25-23(24-8-2)26-16(3)13-21-17(4)28-29(6)18(21)5/h9,11-12,14,16H,7-8,10,13,15H2,1-6H3,(H,27,30)(H2,24,25,26). The fourth-order valence-corrected chi connectivity index (χ4v) is 3.39. The van der Waals surface area contributed by atoms with Crippen LogP contribution in [0.2, 0.25) is 0 Å². The van der Waals surface area contributed by atoms with Crippen molar-refractivity contribution in [3.63, 3.8) is 0 Å². The molecule has 1 heterocycles. The summed E-state index contributed by atoms with van der Waals surface area (Å²) in [7, 11) is 1.98. The lowest BCUT2D eigenvalue weighted by molar-refractivity contribution is -0.116. The van der Waals surface area contributed by atoms with E-state index in [1.165, 1.54) is 11.3 Å². The van der Waals surface area contributed by atoms with Gasteiger partial charge in [0.1, 0.15) is 0 Å². The zero-order valence-corrected chi connectivity index (χ0v) is 19.2. The molecule has 0 aliphatic rings. The third kappa shape index (κ3) is 6.90. The molecule has 2 aromatic rings. The first-order chi connectivity index (χ1) is 14.3. The van der Waals surface area contributed by atoms with Crippen molar-refractivity contribution in [2.24, 2.45) is 12.0 Å².